The smallest absolute Gasteiger partial charge is 0.339 e. The van der Waals surface area contributed by atoms with Crippen molar-refractivity contribution in [2.75, 3.05) is 6.61 Å². The molecule has 0 aromatic heterocycles. The average Bonchev–Trinajstić information content (AvgIpc) is 2.71. The van der Waals surface area contributed by atoms with E-state index < -0.39 is 24.5 Å². The maximum Gasteiger partial charge on any atom is 0.339 e. The number of hydrogen-bond donors (Lipinski definition) is 2. The van der Waals surface area contributed by atoms with Gasteiger partial charge in [0.2, 0.25) is 0 Å². The van der Waals surface area contributed by atoms with E-state index >= 15 is 0 Å². The summed E-state index contributed by atoms with van der Waals surface area (Å²) in [7, 11) is 0. The van der Waals surface area contributed by atoms with Gasteiger partial charge in [0.25, 0.3) is 5.91 Å². The molecule has 0 saturated carbocycles. The zero-order valence-electron chi connectivity index (χ0n) is 14.5. The standard InChI is InChI=1S/C21H18N2O4/c24-19(23-21(26)22-13-15-7-2-1-3-8-15)14-27-20(25)18-12-6-10-16-9-4-5-11-17(16)18/h1-12H,13-14H2,(H2,22,23,24,26). The van der Waals surface area contributed by atoms with Crippen molar-refractivity contribution in [3.8, 4) is 0 Å². The number of amides is 3. The summed E-state index contributed by atoms with van der Waals surface area (Å²) < 4.78 is 5.03. The molecule has 0 saturated heterocycles. The normalized spacial score (nSPS) is 10.2. The zero-order chi connectivity index (χ0) is 19.1. The topological polar surface area (TPSA) is 84.5 Å². The van der Waals surface area contributed by atoms with Crippen LogP contribution in [0.4, 0.5) is 4.79 Å². The van der Waals surface area contributed by atoms with E-state index in [2.05, 4.69) is 10.6 Å². The number of nitrogens with one attached hydrogen (secondary N) is 2. The molecule has 0 spiro atoms. The van der Waals surface area contributed by atoms with Gasteiger partial charge in [-0.3, -0.25) is 10.1 Å². The summed E-state index contributed by atoms with van der Waals surface area (Å²) in [6.07, 6.45) is 0. The number of imide groups is 1. The first kappa shape index (κ1) is 18.1. The zero-order valence-corrected chi connectivity index (χ0v) is 14.5. The Morgan fingerprint density at radius 3 is 2.33 bits per heavy atom. The second kappa shape index (κ2) is 8.62. The Bertz CT molecular complexity index is 965. The van der Waals surface area contributed by atoms with Crippen molar-refractivity contribution in [2.45, 2.75) is 6.54 Å². The van der Waals surface area contributed by atoms with Crippen molar-refractivity contribution in [2.24, 2.45) is 0 Å². The summed E-state index contributed by atoms with van der Waals surface area (Å²) in [5.74, 6) is -1.32. The van der Waals surface area contributed by atoms with Crippen LogP contribution in [-0.2, 0) is 16.1 Å². The van der Waals surface area contributed by atoms with Crippen molar-refractivity contribution >= 4 is 28.7 Å². The van der Waals surface area contributed by atoms with Gasteiger partial charge in [0.05, 0.1) is 5.56 Å². The molecule has 0 radical (unpaired) electrons. The molecule has 0 bridgehead atoms. The lowest BCUT2D eigenvalue weighted by molar-refractivity contribution is -0.123. The molecule has 0 heterocycles. The fraction of sp³-hybridized carbons (Fsp3) is 0.0952. The molecule has 3 rings (SSSR count). The minimum absolute atomic E-state index is 0.287. The maximum atomic E-state index is 12.3. The Morgan fingerprint density at radius 1 is 0.815 bits per heavy atom. The van der Waals surface area contributed by atoms with Gasteiger partial charge in [-0.05, 0) is 22.4 Å². The fourth-order valence-electron chi connectivity index (χ4n) is 2.60. The average molecular weight is 362 g/mol. The highest BCUT2D eigenvalue weighted by Crippen LogP contribution is 2.19. The molecule has 6 nitrogen and oxygen atoms in total. The van der Waals surface area contributed by atoms with Crippen molar-refractivity contribution in [3.63, 3.8) is 0 Å². The molecular weight excluding hydrogens is 344 g/mol. The third kappa shape index (κ3) is 4.92. The largest absolute Gasteiger partial charge is 0.452 e. The summed E-state index contributed by atoms with van der Waals surface area (Å²) in [6.45, 7) is -0.253. The number of rotatable bonds is 5. The van der Waals surface area contributed by atoms with Crippen LogP contribution in [0.25, 0.3) is 10.8 Å². The molecule has 0 atom stereocenters. The van der Waals surface area contributed by atoms with Crippen LogP contribution >= 0.6 is 0 Å². The van der Waals surface area contributed by atoms with E-state index in [-0.39, 0.29) is 6.54 Å². The lowest BCUT2D eigenvalue weighted by atomic mass is 10.1. The number of carbonyl (C=O) groups excluding carboxylic acids is 3. The van der Waals surface area contributed by atoms with E-state index in [4.69, 9.17) is 4.74 Å². The monoisotopic (exact) mass is 362 g/mol. The molecule has 27 heavy (non-hydrogen) atoms. The van der Waals surface area contributed by atoms with E-state index in [1.165, 1.54) is 0 Å². The summed E-state index contributed by atoms with van der Waals surface area (Å²) in [5.41, 5.74) is 1.27. The number of fused-ring (bicyclic) bond motifs is 1. The Kier molecular flexibility index (Phi) is 5.79. The van der Waals surface area contributed by atoms with Gasteiger partial charge in [0.1, 0.15) is 0 Å². The highest BCUT2D eigenvalue weighted by atomic mass is 16.5. The van der Waals surface area contributed by atoms with E-state index in [9.17, 15) is 14.4 Å². The molecule has 3 aromatic rings. The summed E-state index contributed by atoms with van der Waals surface area (Å²) >= 11 is 0. The van der Waals surface area contributed by atoms with Crippen LogP contribution in [0, 0.1) is 0 Å². The van der Waals surface area contributed by atoms with E-state index in [0.29, 0.717) is 5.56 Å². The fourth-order valence-corrected chi connectivity index (χ4v) is 2.60. The van der Waals surface area contributed by atoms with Crippen LogP contribution in [0.3, 0.4) is 0 Å². The molecule has 6 heteroatoms. The Balaban J connectivity index is 1.49. The van der Waals surface area contributed by atoms with Crippen molar-refractivity contribution in [1.82, 2.24) is 10.6 Å². The van der Waals surface area contributed by atoms with Gasteiger partial charge in [0, 0.05) is 6.54 Å². The van der Waals surface area contributed by atoms with Gasteiger partial charge in [-0.15, -0.1) is 0 Å². The number of ether oxygens (including phenoxy) is 1. The highest BCUT2D eigenvalue weighted by Gasteiger charge is 2.14. The Labute approximate surface area is 156 Å². The number of carbonyl (C=O) groups is 3. The SMILES string of the molecule is O=C(COC(=O)c1cccc2ccccc12)NC(=O)NCc1ccccc1. The van der Waals surface area contributed by atoms with Crippen LogP contribution in [0.2, 0.25) is 0 Å². The molecule has 0 aliphatic heterocycles. The molecule has 3 aromatic carbocycles. The Hall–Kier alpha value is -3.67. The molecule has 0 fully saturated rings. The number of urea groups is 1. The first-order chi connectivity index (χ1) is 13.1. The maximum absolute atomic E-state index is 12.3. The van der Waals surface area contributed by atoms with Gasteiger partial charge >= 0.3 is 12.0 Å². The van der Waals surface area contributed by atoms with Gasteiger partial charge < -0.3 is 10.1 Å². The molecule has 3 amide bonds. The van der Waals surface area contributed by atoms with Gasteiger partial charge in [-0.25, -0.2) is 9.59 Å². The minimum atomic E-state index is -0.700. The molecule has 2 N–H and O–H groups in total. The summed E-state index contributed by atoms with van der Waals surface area (Å²) in [4.78, 5) is 35.8. The third-order valence-electron chi connectivity index (χ3n) is 3.89. The van der Waals surface area contributed by atoms with Crippen LogP contribution < -0.4 is 10.6 Å². The van der Waals surface area contributed by atoms with Gasteiger partial charge in [0.15, 0.2) is 6.61 Å². The van der Waals surface area contributed by atoms with Crippen LogP contribution in [0.5, 0.6) is 0 Å². The predicted octanol–water partition coefficient (Wildman–Crippen LogP) is 3.02. The lowest BCUT2D eigenvalue weighted by Crippen LogP contribution is -2.41. The number of hydrogen-bond acceptors (Lipinski definition) is 4. The summed E-state index contributed by atoms with van der Waals surface area (Å²) in [6, 6.07) is 21.3. The molecule has 0 aliphatic carbocycles. The molecule has 0 aliphatic rings. The van der Waals surface area contributed by atoms with Crippen molar-refractivity contribution < 1.29 is 19.1 Å². The second-order valence-electron chi connectivity index (χ2n) is 5.82. The first-order valence-electron chi connectivity index (χ1n) is 8.40. The van der Waals surface area contributed by atoms with E-state index in [1.807, 2.05) is 60.7 Å². The summed E-state index contributed by atoms with van der Waals surface area (Å²) in [5, 5.41) is 6.33. The second-order valence-corrected chi connectivity index (χ2v) is 5.82. The van der Waals surface area contributed by atoms with Gasteiger partial charge in [-0.2, -0.15) is 0 Å². The molecule has 0 unspecified atom stereocenters. The van der Waals surface area contributed by atoms with Crippen LogP contribution in [-0.4, -0.2) is 24.5 Å². The lowest BCUT2D eigenvalue weighted by Gasteiger charge is -2.09. The van der Waals surface area contributed by atoms with E-state index in [1.54, 1.807) is 12.1 Å². The number of benzene rings is 3. The predicted molar refractivity (Wildman–Crippen MR) is 101 cm³/mol. The Morgan fingerprint density at radius 2 is 1.52 bits per heavy atom. The quantitative estimate of drug-likeness (QED) is 0.683. The van der Waals surface area contributed by atoms with Crippen LogP contribution in [0.15, 0.2) is 72.8 Å². The van der Waals surface area contributed by atoms with Gasteiger partial charge in [-0.1, -0.05) is 66.7 Å². The molecule has 136 valence electrons. The van der Waals surface area contributed by atoms with Crippen molar-refractivity contribution in [3.05, 3.63) is 83.9 Å². The molecular formula is C21H18N2O4. The number of esters is 1. The highest BCUT2D eigenvalue weighted by molar-refractivity contribution is 6.05. The first-order valence-corrected chi connectivity index (χ1v) is 8.40. The van der Waals surface area contributed by atoms with Crippen LogP contribution in [0.1, 0.15) is 15.9 Å². The minimum Gasteiger partial charge on any atom is -0.452 e. The van der Waals surface area contributed by atoms with E-state index in [0.717, 1.165) is 16.3 Å². The van der Waals surface area contributed by atoms with Crippen molar-refractivity contribution in [1.29, 1.82) is 0 Å². The third-order valence-corrected chi connectivity index (χ3v) is 3.89.